The fourth-order valence-electron chi connectivity index (χ4n) is 4.00. The first-order valence-corrected chi connectivity index (χ1v) is 10.1. The van der Waals surface area contributed by atoms with Crippen molar-refractivity contribution in [3.8, 4) is 23.0 Å². The number of nitrogens with one attached hydrogen (secondary N) is 1. The number of ether oxygens (including phenoxy) is 4. The summed E-state index contributed by atoms with van der Waals surface area (Å²) in [4.78, 5) is 2.42. The number of piperidine rings is 1. The highest BCUT2D eigenvalue weighted by molar-refractivity contribution is 5.57. The lowest BCUT2D eigenvalue weighted by molar-refractivity contribution is 0.174. The molecular weight excluding hydrogens is 356 g/mol. The van der Waals surface area contributed by atoms with Gasteiger partial charge in [-0.25, -0.2) is 0 Å². The number of benzene rings is 2. The summed E-state index contributed by atoms with van der Waals surface area (Å²) < 4.78 is 22.4. The highest BCUT2D eigenvalue weighted by Crippen LogP contribution is 2.36. The summed E-state index contributed by atoms with van der Waals surface area (Å²) in [5.41, 5.74) is 2.45. The maximum atomic E-state index is 5.80. The van der Waals surface area contributed by atoms with Crippen LogP contribution in [0.1, 0.15) is 24.8 Å². The van der Waals surface area contributed by atoms with Crippen LogP contribution in [0.25, 0.3) is 0 Å². The second-order valence-corrected chi connectivity index (χ2v) is 7.51. The van der Waals surface area contributed by atoms with E-state index in [1.165, 1.54) is 11.3 Å². The van der Waals surface area contributed by atoms with Crippen LogP contribution in [0.4, 0.5) is 5.69 Å². The maximum Gasteiger partial charge on any atom is 0.231 e. The summed E-state index contributed by atoms with van der Waals surface area (Å²) in [6.07, 6.45) is 3.18. The molecule has 6 nitrogen and oxygen atoms in total. The molecular formula is C22H26N2O4. The van der Waals surface area contributed by atoms with E-state index >= 15 is 0 Å². The first kappa shape index (κ1) is 17.5. The number of nitrogens with zero attached hydrogens (tertiary/aromatic N) is 1. The van der Waals surface area contributed by atoms with Crippen LogP contribution in [0.5, 0.6) is 23.0 Å². The zero-order chi connectivity index (χ0) is 18.8. The van der Waals surface area contributed by atoms with E-state index < -0.39 is 0 Å². The molecule has 0 spiro atoms. The SMILES string of the molecule is c1cc2c(cc1CNC1CCN(c3ccc4c(c3)OCO4)CC1)OCCCO2. The van der Waals surface area contributed by atoms with Crippen LogP contribution >= 0.6 is 0 Å². The third-order valence-electron chi connectivity index (χ3n) is 5.62. The van der Waals surface area contributed by atoms with Gasteiger partial charge in [-0.1, -0.05) is 6.07 Å². The van der Waals surface area contributed by atoms with Crippen molar-refractivity contribution in [3.05, 3.63) is 42.0 Å². The fraction of sp³-hybridized carbons (Fsp3) is 0.455. The Balaban J connectivity index is 1.14. The van der Waals surface area contributed by atoms with Crippen molar-refractivity contribution >= 4 is 5.69 Å². The Labute approximate surface area is 165 Å². The zero-order valence-electron chi connectivity index (χ0n) is 16.0. The van der Waals surface area contributed by atoms with Gasteiger partial charge in [-0.05, 0) is 42.7 Å². The van der Waals surface area contributed by atoms with E-state index in [-0.39, 0.29) is 0 Å². The summed E-state index contributed by atoms with van der Waals surface area (Å²) in [7, 11) is 0. The largest absolute Gasteiger partial charge is 0.490 e. The predicted molar refractivity (Wildman–Crippen MR) is 107 cm³/mol. The molecule has 1 N–H and O–H groups in total. The van der Waals surface area contributed by atoms with Gasteiger partial charge in [-0.15, -0.1) is 0 Å². The molecule has 3 aliphatic rings. The van der Waals surface area contributed by atoms with Crippen LogP contribution in [0.15, 0.2) is 36.4 Å². The fourth-order valence-corrected chi connectivity index (χ4v) is 4.00. The van der Waals surface area contributed by atoms with E-state index in [1.54, 1.807) is 0 Å². The highest BCUT2D eigenvalue weighted by Gasteiger charge is 2.21. The molecule has 28 heavy (non-hydrogen) atoms. The molecule has 5 rings (SSSR count). The van der Waals surface area contributed by atoms with Gasteiger partial charge >= 0.3 is 0 Å². The number of rotatable bonds is 4. The smallest absolute Gasteiger partial charge is 0.231 e. The van der Waals surface area contributed by atoms with Crippen molar-refractivity contribution in [2.24, 2.45) is 0 Å². The van der Waals surface area contributed by atoms with Gasteiger partial charge in [0.05, 0.1) is 13.2 Å². The van der Waals surface area contributed by atoms with Gasteiger partial charge in [-0.2, -0.15) is 0 Å². The average molecular weight is 382 g/mol. The van der Waals surface area contributed by atoms with E-state index in [1.807, 2.05) is 12.1 Å². The summed E-state index contributed by atoms with van der Waals surface area (Å²) in [5.74, 6) is 3.43. The molecule has 148 valence electrons. The van der Waals surface area contributed by atoms with Crippen molar-refractivity contribution in [1.82, 2.24) is 5.32 Å². The van der Waals surface area contributed by atoms with Crippen LogP contribution in [-0.4, -0.2) is 39.1 Å². The third kappa shape index (κ3) is 3.69. The van der Waals surface area contributed by atoms with Gasteiger partial charge < -0.3 is 29.2 Å². The quantitative estimate of drug-likeness (QED) is 0.875. The number of hydrogen-bond donors (Lipinski definition) is 1. The minimum absolute atomic E-state index is 0.324. The Morgan fingerprint density at radius 1 is 0.821 bits per heavy atom. The zero-order valence-corrected chi connectivity index (χ0v) is 16.0. The molecule has 0 radical (unpaired) electrons. The van der Waals surface area contributed by atoms with E-state index in [0.29, 0.717) is 12.8 Å². The molecule has 3 heterocycles. The lowest BCUT2D eigenvalue weighted by Crippen LogP contribution is -2.42. The van der Waals surface area contributed by atoms with E-state index in [9.17, 15) is 0 Å². The Bertz CT molecular complexity index is 833. The molecule has 0 atom stereocenters. The van der Waals surface area contributed by atoms with Gasteiger partial charge in [0.25, 0.3) is 0 Å². The first-order chi connectivity index (χ1) is 13.8. The number of hydrogen-bond acceptors (Lipinski definition) is 6. The second kappa shape index (κ2) is 7.80. The molecule has 0 aliphatic carbocycles. The summed E-state index contributed by atoms with van der Waals surface area (Å²) in [5, 5.41) is 3.71. The lowest BCUT2D eigenvalue weighted by Gasteiger charge is -2.34. The monoisotopic (exact) mass is 382 g/mol. The van der Waals surface area contributed by atoms with Crippen molar-refractivity contribution in [2.45, 2.75) is 31.8 Å². The Kier molecular flexibility index (Phi) is 4.87. The molecule has 6 heteroatoms. The topological polar surface area (TPSA) is 52.2 Å². The van der Waals surface area contributed by atoms with Crippen LogP contribution in [0.2, 0.25) is 0 Å². The minimum atomic E-state index is 0.324. The first-order valence-electron chi connectivity index (χ1n) is 10.1. The molecule has 0 aromatic heterocycles. The molecule has 2 aromatic rings. The predicted octanol–water partition coefficient (Wildman–Crippen LogP) is 3.34. The molecule has 1 saturated heterocycles. The van der Waals surface area contributed by atoms with Crippen molar-refractivity contribution in [1.29, 1.82) is 0 Å². The van der Waals surface area contributed by atoms with Crippen LogP contribution in [0, 0.1) is 0 Å². The third-order valence-corrected chi connectivity index (χ3v) is 5.62. The highest BCUT2D eigenvalue weighted by atomic mass is 16.7. The van der Waals surface area contributed by atoms with Crippen molar-refractivity contribution in [2.75, 3.05) is 38.0 Å². The Morgan fingerprint density at radius 2 is 1.54 bits per heavy atom. The molecule has 3 aliphatic heterocycles. The average Bonchev–Trinajstić information content (AvgIpc) is 3.09. The molecule has 2 aromatic carbocycles. The van der Waals surface area contributed by atoms with E-state index in [2.05, 4.69) is 34.5 Å². The van der Waals surface area contributed by atoms with Gasteiger partial charge in [-0.3, -0.25) is 0 Å². The number of fused-ring (bicyclic) bond motifs is 2. The second-order valence-electron chi connectivity index (χ2n) is 7.51. The molecule has 0 amide bonds. The van der Waals surface area contributed by atoms with Crippen molar-refractivity contribution < 1.29 is 18.9 Å². The van der Waals surface area contributed by atoms with Crippen LogP contribution in [-0.2, 0) is 6.54 Å². The van der Waals surface area contributed by atoms with Gasteiger partial charge in [0.2, 0.25) is 6.79 Å². The van der Waals surface area contributed by atoms with E-state index in [4.69, 9.17) is 18.9 Å². The van der Waals surface area contributed by atoms with Gasteiger partial charge in [0, 0.05) is 43.9 Å². The molecule has 0 bridgehead atoms. The minimum Gasteiger partial charge on any atom is -0.490 e. The maximum absolute atomic E-state index is 5.80. The molecule has 1 fully saturated rings. The van der Waals surface area contributed by atoms with Gasteiger partial charge in [0.15, 0.2) is 23.0 Å². The lowest BCUT2D eigenvalue weighted by atomic mass is 10.0. The van der Waals surface area contributed by atoms with E-state index in [0.717, 1.165) is 75.1 Å². The normalized spacial score (nSPS) is 18.8. The molecule has 0 saturated carbocycles. The summed E-state index contributed by atoms with van der Waals surface area (Å²) in [6, 6.07) is 13.0. The van der Waals surface area contributed by atoms with Crippen LogP contribution in [0.3, 0.4) is 0 Å². The molecule has 0 unspecified atom stereocenters. The number of anilines is 1. The van der Waals surface area contributed by atoms with Gasteiger partial charge in [0.1, 0.15) is 0 Å². The summed E-state index contributed by atoms with van der Waals surface area (Å²) in [6.45, 7) is 4.71. The standard InChI is InChI=1S/C22H26N2O4/c1-10-25-19-4-2-16(12-21(19)26-11-1)14-23-17-6-8-24(9-7-17)18-3-5-20-22(13-18)28-15-27-20/h2-5,12-13,17,23H,1,6-11,14-15H2. The Hall–Kier alpha value is -2.60. The van der Waals surface area contributed by atoms with Crippen LogP contribution < -0.4 is 29.2 Å². The summed E-state index contributed by atoms with van der Waals surface area (Å²) >= 11 is 0. The Morgan fingerprint density at radius 3 is 2.43 bits per heavy atom. The van der Waals surface area contributed by atoms with Crippen molar-refractivity contribution in [3.63, 3.8) is 0 Å².